The van der Waals surface area contributed by atoms with E-state index in [2.05, 4.69) is 27.5 Å². The molecule has 0 spiro atoms. The van der Waals surface area contributed by atoms with Crippen LogP contribution >= 0.6 is 11.8 Å². The molecular formula is C23H27N5OS. The van der Waals surface area contributed by atoms with E-state index in [0.717, 1.165) is 71.0 Å². The first-order valence-corrected chi connectivity index (χ1v) is 11.4. The zero-order valence-electron chi connectivity index (χ0n) is 17.3. The van der Waals surface area contributed by atoms with E-state index in [0.29, 0.717) is 12.4 Å². The van der Waals surface area contributed by atoms with Crippen molar-refractivity contribution in [3.63, 3.8) is 0 Å². The van der Waals surface area contributed by atoms with Gasteiger partial charge in [0.1, 0.15) is 11.3 Å². The predicted molar refractivity (Wildman–Crippen MR) is 124 cm³/mol. The Morgan fingerprint density at radius 1 is 1.07 bits per heavy atom. The molecule has 3 heterocycles. The van der Waals surface area contributed by atoms with Gasteiger partial charge in [0.15, 0.2) is 5.82 Å². The summed E-state index contributed by atoms with van der Waals surface area (Å²) in [6.45, 7) is 4.30. The lowest BCUT2D eigenvalue weighted by atomic mass is 10.2. The quantitative estimate of drug-likeness (QED) is 0.295. The summed E-state index contributed by atoms with van der Waals surface area (Å²) in [6, 6.07) is 14.1. The van der Waals surface area contributed by atoms with Gasteiger partial charge in [0.2, 0.25) is 0 Å². The number of aromatic nitrogens is 4. The smallest absolute Gasteiger partial charge is 0.152 e. The van der Waals surface area contributed by atoms with Gasteiger partial charge in [0.05, 0.1) is 22.7 Å². The lowest BCUT2D eigenvalue weighted by Gasteiger charge is -2.11. The highest BCUT2D eigenvalue weighted by molar-refractivity contribution is 7.99. The number of imidazole rings is 1. The standard InChI is InChI=1S/C23H27N5OS/c1-2-8-19-27-21-22(17-9-3-4-10-18(17)26-23(21)24)28(19)13-15-29-14-7-16-30-20-11-5-6-12-25-20/h3-6,9-12H,2,7-8,13-16H2,1H3,(H2,24,26). The Morgan fingerprint density at radius 2 is 1.93 bits per heavy atom. The Bertz CT molecular complexity index is 1110. The van der Waals surface area contributed by atoms with Crippen LogP contribution in [0.25, 0.3) is 21.9 Å². The third-order valence-electron chi connectivity index (χ3n) is 4.94. The van der Waals surface area contributed by atoms with Crippen molar-refractivity contribution in [3.05, 3.63) is 54.5 Å². The molecule has 7 heteroatoms. The number of benzene rings is 1. The average Bonchev–Trinajstić information content (AvgIpc) is 3.13. The molecule has 0 aliphatic carbocycles. The van der Waals surface area contributed by atoms with Gasteiger partial charge < -0.3 is 15.0 Å². The second-order valence-corrected chi connectivity index (χ2v) is 8.24. The topological polar surface area (TPSA) is 78.8 Å². The molecule has 0 aliphatic rings. The Kier molecular flexibility index (Phi) is 6.81. The monoisotopic (exact) mass is 421 g/mol. The average molecular weight is 422 g/mol. The Hall–Kier alpha value is -2.64. The summed E-state index contributed by atoms with van der Waals surface area (Å²) in [4.78, 5) is 13.7. The molecule has 4 rings (SSSR count). The number of ether oxygens (including phenoxy) is 1. The van der Waals surface area contributed by atoms with E-state index in [-0.39, 0.29) is 0 Å². The zero-order chi connectivity index (χ0) is 20.8. The number of anilines is 1. The van der Waals surface area contributed by atoms with Crippen LogP contribution in [-0.4, -0.2) is 38.5 Å². The predicted octanol–water partition coefficient (Wildman–Crippen LogP) is 4.71. The van der Waals surface area contributed by atoms with Gasteiger partial charge in [-0.1, -0.05) is 31.2 Å². The van der Waals surface area contributed by atoms with E-state index in [1.807, 2.05) is 42.6 Å². The molecular weight excluding hydrogens is 394 g/mol. The van der Waals surface area contributed by atoms with E-state index in [1.165, 1.54) is 0 Å². The summed E-state index contributed by atoms with van der Waals surface area (Å²) in [5.41, 5.74) is 9.00. The van der Waals surface area contributed by atoms with Crippen molar-refractivity contribution in [3.8, 4) is 0 Å². The Labute approximate surface area is 180 Å². The highest BCUT2D eigenvalue weighted by atomic mass is 32.2. The molecule has 0 radical (unpaired) electrons. The van der Waals surface area contributed by atoms with Crippen LogP contribution in [0.5, 0.6) is 0 Å². The van der Waals surface area contributed by atoms with Crippen molar-refractivity contribution >= 4 is 39.5 Å². The van der Waals surface area contributed by atoms with Crippen LogP contribution in [0.3, 0.4) is 0 Å². The van der Waals surface area contributed by atoms with E-state index < -0.39 is 0 Å². The lowest BCUT2D eigenvalue weighted by Crippen LogP contribution is -2.10. The molecule has 6 nitrogen and oxygen atoms in total. The maximum absolute atomic E-state index is 6.23. The Morgan fingerprint density at radius 3 is 2.77 bits per heavy atom. The van der Waals surface area contributed by atoms with Crippen molar-refractivity contribution in [1.29, 1.82) is 0 Å². The molecule has 0 unspecified atom stereocenters. The summed E-state index contributed by atoms with van der Waals surface area (Å²) in [7, 11) is 0. The summed E-state index contributed by atoms with van der Waals surface area (Å²) < 4.78 is 8.21. The SMILES string of the molecule is CCCc1nc2c(N)nc3ccccc3c2n1CCOCCCSc1ccccn1. The first kappa shape index (κ1) is 20.6. The number of hydrogen-bond acceptors (Lipinski definition) is 6. The van der Waals surface area contributed by atoms with Gasteiger partial charge >= 0.3 is 0 Å². The minimum Gasteiger partial charge on any atom is -0.382 e. The van der Waals surface area contributed by atoms with Crippen molar-refractivity contribution in [1.82, 2.24) is 19.5 Å². The van der Waals surface area contributed by atoms with E-state index in [4.69, 9.17) is 15.5 Å². The van der Waals surface area contributed by atoms with Crippen LogP contribution in [0.4, 0.5) is 5.82 Å². The maximum atomic E-state index is 6.23. The number of rotatable bonds is 10. The fraction of sp³-hybridized carbons (Fsp3) is 0.348. The summed E-state index contributed by atoms with van der Waals surface area (Å²) in [6.07, 6.45) is 4.75. The van der Waals surface area contributed by atoms with Crippen molar-refractivity contribution < 1.29 is 4.74 Å². The maximum Gasteiger partial charge on any atom is 0.152 e. The van der Waals surface area contributed by atoms with Gasteiger partial charge in [-0.05, 0) is 31.0 Å². The number of fused-ring (bicyclic) bond motifs is 3. The minimum absolute atomic E-state index is 0.493. The van der Waals surface area contributed by atoms with E-state index >= 15 is 0 Å². The van der Waals surface area contributed by atoms with Crippen LogP contribution < -0.4 is 5.73 Å². The van der Waals surface area contributed by atoms with Crippen LogP contribution in [-0.2, 0) is 17.7 Å². The van der Waals surface area contributed by atoms with E-state index in [9.17, 15) is 0 Å². The molecule has 156 valence electrons. The molecule has 0 fully saturated rings. The lowest BCUT2D eigenvalue weighted by molar-refractivity contribution is 0.127. The number of nitrogen functional groups attached to an aromatic ring is 1. The van der Waals surface area contributed by atoms with Crippen LogP contribution in [0.15, 0.2) is 53.7 Å². The molecule has 0 aliphatic heterocycles. The second-order valence-electron chi connectivity index (χ2n) is 7.12. The first-order chi connectivity index (χ1) is 14.8. The number of pyridine rings is 2. The summed E-state index contributed by atoms with van der Waals surface area (Å²) in [5, 5.41) is 2.15. The van der Waals surface area contributed by atoms with Crippen LogP contribution in [0.2, 0.25) is 0 Å². The van der Waals surface area contributed by atoms with Crippen LogP contribution in [0, 0.1) is 0 Å². The first-order valence-electron chi connectivity index (χ1n) is 10.4. The zero-order valence-corrected chi connectivity index (χ0v) is 18.1. The normalized spacial score (nSPS) is 11.5. The molecule has 0 saturated carbocycles. The molecule has 2 N–H and O–H groups in total. The number of thioether (sulfide) groups is 1. The molecule has 30 heavy (non-hydrogen) atoms. The highest BCUT2D eigenvalue weighted by Crippen LogP contribution is 2.29. The molecule has 0 atom stereocenters. The number of hydrogen-bond donors (Lipinski definition) is 1. The Balaban J connectivity index is 1.42. The number of nitrogens with two attached hydrogens (primary N) is 1. The fourth-order valence-corrected chi connectivity index (χ4v) is 4.37. The fourth-order valence-electron chi connectivity index (χ4n) is 3.59. The third-order valence-corrected chi connectivity index (χ3v) is 5.97. The van der Waals surface area contributed by atoms with Gasteiger partial charge in [-0.25, -0.2) is 15.0 Å². The van der Waals surface area contributed by atoms with Gasteiger partial charge in [-0.3, -0.25) is 0 Å². The van der Waals surface area contributed by atoms with Crippen LogP contribution in [0.1, 0.15) is 25.6 Å². The largest absolute Gasteiger partial charge is 0.382 e. The molecule has 4 aromatic rings. The molecule has 3 aromatic heterocycles. The number of para-hydroxylation sites is 1. The summed E-state index contributed by atoms with van der Waals surface area (Å²) >= 11 is 1.76. The third kappa shape index (κ3) is 4.57. The highest BCUT2D eigenvalue weighted by Gasteiger charge is 2.16. The van der Waals surface area contributed by atoms with E-state index in [1.54, 1.807) is 11.8 Å². The van der Waals surface area contributed by atoms with Gasteiger partial charge in [-0.15, -0.1) is 11.8 Å². The minimum atomic E-state index is 0.493. The molecule has 0 bridgehead atoms. The van der Waals surface area contributed by atoms with Gasteiger partial charge in [0, 0.05) is 36.9 Å². The van der Waals surface area contributed by atoms with Crippen molar-refractivity contribution in [2.24, 2.45) is 0 Å². The molecule has 0 amide bonds. The number of nitrogens with zero attached hydrogens (tertiary/aromatic N) is 4. The number of aryl methyl sites for hydroxylation is 1. The summed E-state index contributed by atoms with van der Waals surface area (Å²) in [5.74, 6) is 2.54. The molecule has 0 saturated heterocycles. The van der Waals surface area contributed by atoms with Gasteiger partial charge in [0.25, 0.3) is 0 Å². The van der Waals surface area contributed by atoms with Crippen molar-refractivity contribution in [2.75, 3.05) is 24.7 Å². The van der Waals surface area contributed by atoms with Crippen molar-refractivity contribution in [2.45, 2.75) is 37.8 Å². The second kappa shape index (κ2) is 9.91. The van der Waals surface area contributed by atoms with Gasteiger partial charge in [-0.2, -0.15) is 0 Å². The molecule has 1 aromatic carbocycles.